The predicted octanol–water partition coefficient (Wildman–Crippen LogP) is 5.25. The number of para-hydroxylation sites is 3. The zero-order valence-electron chi connectivity index (χ0n) is 15.0. The van der Waals surface area contributed by atoms with Crippen molar-refractivity contribution in [3.8, 4) is 5.75 Å². The maximum Gasteiger partial charge on any atom is 0.125 e. The molecule has 2 aromatic carbocycles. The zero-order valence-corrected chi connectivity index (χ0v) is 15.0. The van der Waals surface area contributed by atoms with Crippen LogP contribution in [0.15, 0.2) is 42.5 Å². The van der Waals surface area contributed by atoms with E-state index >= 15 is 0 Å². The molecule has 1 aromatic heterocycles. The Morgan fingerprint density at radius 2 is 1.71 bits per heavy atom. The van der Waals surface area contributed by atoms with Gasteiger partial charge in [0.1, 0.15) is 11.6 Å². The Hall–Kier alpha value is -2.29. The van der Waals surface area contributed by atoms with E-state index in [1.165, 1.54) is 16.6 Å². The van der Waals surface area contributed by atoms with Crippen LogP contribution in [0.5, 0.6) is 5.75 Å². The highest BCUT2D eigenvalue weighted by atomic mass is 16.5. The Balaban J connectivity index is 1.71. The summed E-state index contributed by atoms with van der Waals surface area (Å²) in [5, 5.41) is 0. The standard InChI is InChI=1S/C21H26N2O/c1-15(2)21-22-18-11-5-6-12-19(18)23(21)13-8-14-24-20-16(3)9-7-10-17(20)4/h5-7,9-12,15H,8,13-14H2,1-4H3. The molecular formula is C21H26N2O. The summed E-state index contributed by atoms with van der Waals surface area (Å²) >= 11 is 0. The van der Waals surface area contributed by atoms with E-state index in [-0.39, 0.29) is 0 Å². The number of ether oxygens (including phenoxy) is 1. The van der Waals surface area contributed by atoms with Crippen molar-refractivity contribution < 1.29 is 4.74 Å². The third kappa shape index (κ3) is 3.30. The third-order valence-electron chi connectivity index (χ3n) is 4.38. The average Bonchev–Trinajstić information content (AvgIpc) is 2.93. The fourth-order valence-electron chi connectivity index (χ4n) is 3.19. The van der Waals surface area contributed by atoms with Crippen LogP contribution in [0.4, 0.5) is 0 Å². The van der Waals surface area contributed by atoms with Crippen LogP contribution in [0, 0.1) is 13.8 Å². The van der Waals surface area contributed by atoms with Crippen molar-refractivity contribution in [2.45, 2.75) is 46.6 Å². The summed E-state index contributed by atoms with van der Waals surface area (Å²) in [5.74, 6) is 2.59. The first-order valence-electron chi connectivity index (χ1n) is 8.72. The van der Waals surface area contributed by atoms with E-state index in [0.29, 0.717) is 5.92 Å². The first kappa shape index (κ1) is 16.6. The van der Waals surface area contributed by atoms with Crippen molar-refractivity contribution in [2.24, 2.45) is 0 Å². The van der Waals surface area contributed by atoms with Gasteiger partial charge in [0.25, 0.3) is 0 Å². The van der Waals surface area contributed by atoms with Crippen molar-refractivity contribution in [3.63, 3.8) is 0 Å². The van der Waals surface area contributed by atoms with Gasteiger partial charge < -0.3 is 9.30 Å². The van der Waals surface area contributed by atoms with Gasteiger partial charge >= 0.3 is 0 Å². The second-order valence-corrected chi connectivity index (χ2v) is 6.69. The van der Waals surface area contributed by atoms with E-state index in [1.807, 2.05) is 6.07 Å². The van der Waals surface area contributed by atoms with Crippen molar-refractivity contribution >= 4 is 11.0 Å². The zero-order chi connectivity index (χ0) is 17.1. The highest BCUT2D eigenvalue weighted by Crippen LogP contribution is 2.24. The summed E-state index contributed by atoms with van der Waals surface area (Å²) < 4.78 is 8.39. The highest BCUT2D eigenvalue weighted by Gasteiger charge is 2.13. The van der Waals surface area contributed by atoms with Gasteiger partial charge in [-0.05, 0) is 43.5 Å². The maximum atomic E-state index is 6.04. The lowest BCUT2D eigenvalue weighted by atomic mass is 10.1. The molecule has 0 amide bonds. The topological polar surface area (TPSA) is 27.1 Å². The minimum atomic E-state index is 0.414. The molecule has 3 aromatic rings. The fraction of sp³-hybridized carbons (Fsp3) is 0.381. The molecule has 0 aliphatic heterocycles. The number of hydrogen-bond acceptors (Lipinski definition) is 2. The van der Waals surface area contributed by atoms with Gasteiger partial charge in [-0.25, -0.2) is 4.98 Å². The number of nitrogens with zero attached hydrogens (tertiary/aromatic N) is 2. The van der Waals surface area contributed by atoms with Crippen LogP contribution in [0.1, 0.15) is 43.1 Å². The van der Waals surface area contributed by atoms with Crippen LogP contribution in [0.3, 0.4) is 0 Å². The van der Waals surface area contributed by atoms with E-state index in [4.69, 9.17) is 9.72 Å². The quantitative estimate of drug-likeness (QED) is 0.580. The molecule has 0 saturated carbocycles. The molecule has 0 radical (unpaired) electrons. The smallest absolute Gasteiger partial charge is 0.125 e. The lowest BCUT2D eigenvalue weighted by Crippen LogP contribution is -2.09. The number of rotatable bonds is 6. The Bertz CT molecular complexity index is 813. The molecule has 3 heteroatoms. The molecule has 0 aliphatic rings. The van der Waals surface area contributed by atoms with Crippen LogP contribution in [-0.2, 0) is 6.54 Å². The van der Waals surface area contributed by atoms with Gasteiger partial charge in [-0.2, -0.15) is 0 Å². The van der Waals surface area contributed by atoms with E-state index < -0.39 is 0 Å². The van der Waals surface area contributed by atoms with Gasteiger partial charge in [0.05, 0.1) is 17.6 Å². The minimum Gasteiger partial charge on any atom is -0.493 e. The molecule has 126 valence electrons. The number of aryl methyl sites for hydroxylation is 3. The third-order valence-corrected chi connectivity index (χ3v) is 4.38. The Kier molecular flexibility index (Phi) is 4.89. The maximum absolute atomic E-state index is 6.04. The summed E-state index contributed by atoms with van der Waals surface area (Å²) in [6, 6.07) is 14.6. The molecule has 0 spiro atoms. The number of benzene rings is 2. The Morgan fingerprint density at radius 3 is 2.42 bits per heavy atom. The number of hydrogen-bond donors (Lipinski definition) is 0. The largest absolute Gasteiger partial charge is 0.493 e. The highest BCUT2D eigenvalue weighted by molar-refractivity contribution is 5.76. The molecule has 1 heterocycles. The van der Waals surface area contributed by atoms with Crippen molar-refractivity contribution in [2.75, 3.05) is 6.61 Å². The molecule has 3 nitrogen and oxygen atoms in total. The van der Waals surface area contributed by atoms with Crippen molar-refractivity contribution in [1.29, 1.82) is 0 Å². The molecule has 0 saturated heterocycles. The monoisotopic (exact) mass is 322 g/mol. The molecular weight excluding hydrogens is 296 g/mol. The molecule has 0 atom stereocenters. The minimum absolute atomic E-state index is 0.414. The summed E-state index contributed by atoms with van der Waals surface area (Å²) in [6.07, 6.45) is 0.966. The summed E-state index contributed by atoms with van der Waals surface area (Å²) in [7, 11) is 0. The summed E-state index contributed by atoms with van der Waals surface area (Å²) in [6.45, 7) is 10.2. The van der Waals surface area contributed by atoms with Crippen LogP contribution in [0.2, 0.25) is 0 Å². The van der Waals surface area contributed by atoms with Gasteiger partial charge in [-0.1, -0.05) is 44.2 Å². The van der Waals surface area contributed by atoms with Crippen LogP contribution < -0.4 is 4.74 Å². The van der Waals surface area contributed by atoms with Gasteiger partial charge in [-0.3, -0.25) is 0 Å². The number of aromatic nitrogens is 2. The van der Waals surface area contributed by atoms with Gasteiger partial charge in [0.2, 0.25) is 0 Å². The van der Waals surface area contributed by atoms with Crippen LogP contribution in [0.25, 0.3) is 11.0 Å². The molecule has 0 N–H and O–H groups in total. The Labute approximate surface area is 144 Å². The molecule has 0 fully saturated rings. The lowest BCUT2D eigenvalue weighted by Gasteiger charge is -2.14. The second-order valence-electron chi connectivity index (χ2n) is 6.69. The lowest BCUT2D eigenvalue weighted by molar-refractivity contribution is 0.297. The predicted molar refractivity (Wildman–Crippen MR) is 99.9 cm³/mol. The van der Waals surface area contributed by atoms with Crippen molar-refractivity contribution in [3.05, 3.63) is 59.4 Å². The number of fused-ring (bicyclic) bond motifs is 1. The average molecular weight is 322 g/mol. The Morgan fingerprint density at radius 1 is 1.00 bits per heavy atom. The first-order chi connectivity index (χ1) is 11.6. The summed E-state index contributed by atoms with van der Waals surface area (Å²) in [5.41, 5.74) is 4.70. The first-order valence-corrected chi connectivity index (χ1v) is 8.72. The van der Waals surface area contributed by atoms with E-state index in [0.717, 1.165) is 36.7 Å². The SMILES string of the molecule is Cc1cccc(C)c1OCCCn1c(C(C)C)nc2ccccc21. The molecule has 0 unspecified atom stereocenters. The molecule has 0 aliphatic carbocycles. The number of imidazole rings is 1. The van der Waals surface area contributed by atoms with E-state index in [1.54, 1.807) is 0 Å². The molecule has 3 rings (SSSR count). The van der Waals surface area contributed by atoms with Crippen molar-refractivity contribution in [1.82, 2.24) is 9.55 Å². The van der Waals surface area contributed by atoms with Gasteiger partial charge in [0, 0.05) is 12.5 Å². The van der Waals surface area contributed by atoms with Gasteiger partial charge in [-0.15, -0.1) is 0 Å². The summed E-state index contributed by atoms with van der Waals surface area (Å²) in [4.78, 5) is 4.80. The fourth-order valence-corrected chi connectivity index (χ4v) is 3.19. The second kappa shape index (κ2) is 7.08. The molecule has 0 bridgehead atoms. The normalized spacial score (nSPS) is 11.4. The molecule has 24 heavy (non-hydrogen) atoms. The van der Waals surface area contributed by atoms with E-state index in [9.17, 15) is 0 Å². The van der Waals surface area contributed by atoms with Crippen LogP contribution in [-0.4, -0.2) is 16.2 Å². The van der Waals surface area contributed by atoms with E-state index in [2.05, 4.69) is 68.7 Å². The van der Waals surface area contributed by atoms with Gasteiger partial charge in [0.15, 0.2) is 0 Å². The van der Waals surface area contributed by atoms with Crippen LogP contribution >= 0.6 is 0 Å².